The van der Waals surface area contributed by atoms with Gasteiger partial charge in [-0.2, -0.15) is 0 Å². The van der Waals surface area contributed by atoms with Gasteiger partial charge in [0.15, 0.2) is 5.84 Å². The number of rotatable bonds is 6. The van der Waals surface area contributed by atoms with Crippen molar-refractivity contribution in [2.24, 2.45) is 10.9 Å². The second-order valence-corrected chi connectivity index (χ2v) is 3.12. The van der Waals surface area contributed by atoms with E-state index < -0.39 is 0 Å². The Labute approximate surface area is 80.4 Å². The first kappa shape index (κ1) is 12.2. The van der Waals surface area contributed by atoms with Crippen LogP contribution in [-0.2, 0) is 0 Å². The molecule has 0 aromatic heterocycles. The van der Waals surface area contributed by atoms with Crippen LogP contribution in [-0.4, -0.2) is 35.1 Å². The summed E-state index contributed by atoms with van der Waals surface area (Å²) in [4.78, 5) is 2.22. The van der Waals surface area contributed by atoms with E-state index in [-0.39, 0.29) is 5.84 Å². The van der Waals surface area contributed by atoms with Crippen LogP contribution in [0.5, 0.6) is 0 Å². The monoisotopic (exact) mass is 187 g/mol. The molecule has 0 bridgehead atoms. The van der Waals surface area contributed by atoms with Crippen molar-refractivity contribution in [2.75, 3.05) is 13.1 Å². The minimum absolute atomic E-state index is 0.286. The molecule has 0 saturated heterocycles. The summed E-state index contributed by atoms with van der Waals surface area (Å²) < 4.78 is 0. The van der Waals surface area contributed by atoms with Gasteiger partial charge in [0.1, 0.15) is 0 Å². The number of likely N-dealkylation sites (N-methyl/N-ethyl adjacent to an activating group) is 1. The molecule has 0 amide bonds. The third-order valence-electron chi connectivity index (χ3n) is 2.36. The molecule has 0 aromatic rings. The van der Waals surface area contributed by atoms with Gasteiger partial charge in [-0.3, -0.25) is 4.90 Å². The Kier molecular flexibility index (Phi) is 6.32. The van der Waals surface area contributed by atoms with Crippen molar-refractivity contribution in [1.29, 1.82) is 0 Å². The lowest BCUT2D eigenvalue weighted by atomic mass is 10.1. The molecule has 4 heteroatoms. The standard InChI is InChI=1S/C9H21N3O/c1-4-8(5-2)12(6-3)7-9(10)11-13/h8,13H,4-7H2,1-3H3,(H2,10,11). The Hall–Kier alpha value is -0.770. The highest BCUT2D eigenvalue weighted by atomic mass is 16.4. The molecule has 0 heterocycles. The molecule has 0 atom stereocenters. The van der Waals surface area contributed by atoms with Gasteiger partial charge in [0, 0.05) is 6.04 Å². The minimum Gasteiger partial charge on any atom is -0.409 e. The Morgan fingerprint density at radius 1 is 1.38 bits per heavy atom. The molecule has 0 aliphatic carbocycles. The molecule has 0 aromatic carbocycles. The fourth-order valence-corrected chi connectivity index (χ4v) is 1.54. The van der Waals surface area contributed by atoms with Gasteiger partial charge < -0.3 is 10.9 Å². The first-order valence-electron chi connectivity index (χ1n) is 4.89. The number of oxime groups is 1. The quantitative estimate of drug-likeness (QED) is 0.285. The zero-order chi connectivity index (χ0) is 10.3. The molecule has 0 fully saturated rings. The number of nitrogens with two attached hydrogens (primary N) is 1. The number of hydrogen-bond acceptors (Lipinski definition) is 3. The highest BCUT2D eigenvalue weighted by Crippen LogP contribution is 2.07. The zero-order valence-electron chi connectivity index (χ0n) is 8.82. The van der Waals surface area contributed by atoms with Crippen LogP contribution in [0.4, 0.5) is 0 Å². The van der Waals surface area contributed by atoms with Gasteiger partial charge in [0.2, 0.25) is 0 Å². The zero-order valence-corrected chi connectivity index (χ0v) is 8.82. The molecule has 0 radical (unpaired) electrons. The van der Waals surface area contributed by atoms with Crippen molar-refractivity contribution in [3.8, 4) is 0 Å². The number of hydrogen-bond donors (Lipinski definition) is 2. The largest absolute Gasteiger partial charge is 0.409 e. The Balaban J connectivity index is 4.15. The average Bonchev–Trinajstić information content (AvgIpc) is 2.17. The maximum absolute atomic E-state index is 8.44. The van der Waals surface area contributed by atoms with Gasteiger partial charge in [-0.15, -0.1) is 0 Å². The molecule has 0 aliphatic rings. The molecule has 0 spiro atoms. The molecular weight excluding hydrogens is 166 g/mol. The summed E-state index contributed by atoms with van der Waals surface area (Å²) in [6.07, 6.45) is 2.20. The summed E-state index contributed by atoms with van der Waals surface area (Å²) in [6, 6.07) is 0.533. The van der Waals surface area contributed by atoms with Crippen LogP contribution < -0.4 is 5.73 Å². The fraction of sp³-hybridized carbons (Fsp3) is 0.889. The van der Waals surface area contributed by atoms with E-state index >= 15 is 0 Å². The van der Waals surface area contributed by atoms with Crippen LogP contribution >= 0.6 is 0 Å². The van der Waals surface area contributed by atoms with Crippen LogP contribution in [0.15, 0.2) is 5.16 Å². The molecule has 0 aliphatic heterocycles. The third kappa shape index (κ3) is 4.12. The molecule has 0 unspecified atom stereocenters. The Bertz CT molecular complexity index is 155. The Morgan fingerprint density at radius 2 is 1.92 bits per heavy atom. The predicted octanol–water partition coefficient (Wildman–Crippen LogP) is 1.24. The van der Waals surface area contributed by atoms with Gasteiger partial charge in [-0.25, -0.2) is 0 Å². The summed E-state index contributed by atoms with van der Waals surface area (Å²) in [5.74, 6) is 0.286. The van der Waals surface area contributed by atoms with Gasteiger partial charge in [0.05, 0.1) is 6.54 Å². The summed E-state index contributed by atoms with van der Waals surface area (Å²) in [6.45, 7) is 7.89. The molecule has 0 saturated carbocycles. The average molecular weight is 187 g/mol. The number of nitrogens with zero attached hydrogens (tertiary/aromatic N) is 2. The van der Waals surface area contributed by atoms with Crippen LogP contribution in [0.3, 0.4) is 0 Å². The predicted molar refractivity (Wildman–Crippen MR) is 55.0 cm³/mol. The van der Waals surface area contributed by atoms with Crippen molar-refractivity contribution >= 4 is 5.84 Å². The maximum atomic E-state index is 8.44. The van der Waals surface area contributed by atoms with Gasteiger partial charge >= 0.3 is 0 Å². The number of amidine groups is 1. The van der Waals surface area contributed by atoms with E-state index in [9.17, 15) is 0 Å². The topological polar surface area (TPSA) is 61.8 Å². The second-order valence-electron chi connectivity index (χ2n) is 3.12. The molecule has 0 rings (SSSR count). The molecule has 13 heavy (non-hydrogen) atoms. The molecular formula is C9H21N3O. The molecule has 78 valence electrons. The van der Waals surface area contributed by atoms with Crippen molar-refractivity contribution < 1.29 is 5.21 Å². The fourth-order valence-electron chi connectivity index (χ4n) is 1.54. The smallest absolute Gasteiger partial charge is 0.153 e. The van der Waals surface area contributed by atoms with Crippen LogP contribution in [0, 0.1) is 0 Å². The first-order chi connectivity index (χ1) is 6.19. The van der Waals surface area contributed by atoms with Gasteiger partial charge in [0.25, 0.3) is 0 Å². The lowest BCUT2D eigenvalue weighted by molar-refractivity contribution is 0.219. The summed E-state index contributed by atoms with van der Waals surface area (Å²) in [5.41, 5.74) is 5.45. The van der Waals surface area contributed by atoms with Crippen LogP contribution in [0.25, 0.3) is 0 Å². The summed E-state index contributed by atoms with van der Waals surface area (Å²) >= 11 is 0. The highest BCUT2D eigenvalue weighted by Gasteiger charge is 2.13. The van der Waals surface area contributed by atoms with E-state index in [1.165, 1.54) is 0 Å². The van der Waals surface area contributed by atoms with Crippen LogP contribution in [0.2, 0.25) is 0 Å². The van der Waals surface area contributed by atoms with Gasteiger partial charge in [-0.1, -0.05) is 25.9 Å². The third-order valence-corrected chi connectivity index (χ3v) is 2.36. The Morgan fingerprint density at radius 3 is 2.23 bits per heavy atom. The van der Waals surface area contributed by atoms with E-state index in [1.807, 2.05) is 0 Å². The van der Waals surface area contributed by atoms with Crippen molar-refractivity contribution in [3.05, 3.63) is 0 Å². The van der Waals surface area contributed by atoms with E-state index in [2.05, 4.69) is 30.8 Å². The van der Waals surface area contributed by atoms with Crippen molar-refractivity contribution in [2.45, 2.75) is 39.7 Å². The van der Waals surface area contributed by atoms with Crippen LogP contribution in [0.1, 0.15) is 33.6 Å². The first-order valence-corrected chi connectivity index (χ1v) is 4.89. The highest BCUT2D eigenvalue weighted by molar-refractivity contribution is 5.81. The SMILES string of the molecule is CCC(CC)N(CC)CC(N)=NO. The summed E-state index contributed by atoms with van der Waals surface area (Å²) in [7, 11) is 0. The van der Waals surface area contributed by atoms with E-state index in [4.69, 9.17) is 10.9 Å². The summed E-state index contributed by atoms with van der Waals surface area (Å²) in [5, 5.41) is 11.4. The lowest BCUT2D eigenvalue weighted by Crippen LogP contribution is -2.40. The van der Waals surface area contributed by atoms with E-state index in [0.717, 1.165) is 19.4 Å². The minimum atomic E-state index is 0.286. The lowest BCUT2D eigenvalue weighted by Gasteiger charge is -2.28. The molecule has 3 N–H and O–H groups in total. The maximum Gasteiger partial charge on any atom is 0.153 e. The second kappa shape index (κ2) is 6.71. The van der Waals surface area contributed by atoms with Crippen molar-refractivity contribution in [1.82, 2.24) is 4.90 Å². The van der Waals surface area contributed by atoms with E-state index in [0.29, 0.717) is 12.6 Å². The normalized spacial score (nSPS) is 12.8. The van der Waals surface area contributed by atoms with Crippen molar-refractivity contribution in [3.63, 3.8) is 0 Å². The van der Waals surface area contributed by atoms with E-state index in [1.54, 1.807) is 0 Å². The van der Waals surface area contributed by atoms with Gasteiger partial charge in [-0.05, 0) is 19.4 Å². The molecule has 4 nitrogen and oxygen atoms in total.